The van der Waals surface area contributed by atoms with Gasteiger partial charge in [-0.15, -0.1) is 0 Å². The first-order valence-corrected chi connectivity index (χ1v) is 16.6. The highest BCUT2D eigenvalue weighted by Gasteiger charge is 2.66. The summed E-state index contributed by atoms with van der Waals surface area (Å²) in [4.78, 5) is 83.6. The molecule has 1 aromatic rings. The number of methoxy groups -OCH3 is 1. The summed E-state index contributed by atoms with van der Waals surface area (Å²) in [5.74, 6) is -4.50. The first-order chi connectivity index (χ1) is 22.8. The van der Waals surface area contributed by atoms with Crippen LogP contribution in [0.5, 0.6) is 0 Å². The number of carbonyl (C=O) groups is 6. The average molecular weight is 670 g/mol. The van der Waals surface area contributed by atoms with E-state index < -0.39 is 65.3 Å². The fourth-order valence-electron chi connectivity index (χ4n) is 7.07. The number of alkyl carbamates (subject to hydrolysis) is 1. The summed E-state index contributed by atoms with van der Waals surface area (Å²) in [7, 11) is 1.19. The molecule has 0 aromatic heterocycles. The fourth-order valence-corrected chi connectivity index (χ4v) is 7.07. The van der Waals surface area contributed by atoms with E-state index in [1.165, 1.54) is 12.0 Å². The van der Waals surface area contributed by atoms with Gasteiger partial charge in [-0.2, -0.15) is 0 Å². The van der Waals surface area contributed by atoms with Gasteiger partial charge in [0.15, 0.2) is 5.54 Å². The monoisotopic (exact) mass is 669 g/mol. The van der Waals surface area contributed by atoms with Crippen LogP contribution in [0.1, 0.15) is 77.7 Å². The van der Waals surface area contributed by atoms with Gasteiger partial charge >= 0.3 is 12.1 Å². The van der Waals surface area contributed by atoms with Crippen LogP contribution in [0.4, 0.5) is 4.79 Å². The molecule has 0 bridgehead atoms. The molecule has 262 valence electrons. The lowest BCUT2D eigenvalue weighted by molar-refractivity contribution is -0.175. The van der Waals surface area contributed by atoms with Crippen LogP contribution in [0.15, 0.2) is 30.3 Å². The van der Waals surface area contributed by atoms with Crippen molar-refractivity contribution in [2.45, 2.75) is 109 Å². The molecule has 1 saturated carbocycles. The molecule has 3 unspecified atom stereocenters. The Hall–Kier alpha value is -4.33. The Balaban J connectivity index is 1.66. The molecule has 1 aromatic carbocycles. The van der Waals surface area contributed by atoms with Gasteiger partial charge in [-0.1, -0.05) is 51.1 Å². The Morgan fingerprint density at radius 2 is 1.85 bits per heavy atom. The molecule has 2 saturated heterocycles. The van der Waals surface area contributed by atoms with Gasteiger partial charge in [0.1, 0.15) is 24.8 Å². The molecule has 4 N–H and O–H groups in total. The molecule has 6 atom stereocenters. The molecule has 0 radical (unpaired) electrons. The lowest BCUT2D eigenvalue weighted by Gasteiger charge is -2.47. The van der Waals surface area contributed by atoms with Crippen LogP contribution in [-0.4, -0.2) is 94.7 Å². The van der Waals surface area contributed by atoms with Crippen molar-refractivity contribution in [3.05, 3.63) is 35.9 Å². The second-order valence-electron chi connectivity index (χ2n) is 13.1. The van der Waals surface area contributed by atoms with Gasteiger partial charge in [0, 0.05) is 31.0 Å². The molecule has 4 rings (SSSR count). The number of nitrogens with two attached hydrogens (primary N) is 1. The van der Waals surface area contributed by atoms with Crippen molar-refractivity contribution in [3.63, 3.8) is 0 Å². The molecule has 2 heterocycles. The minimum absolute atomic E-state index is 0.0457. The van der Waals surface area contributed by atoms with E-state index >= 15 is 0 Å². The summed E-state index contributed by atoms with van der Waals surface area (Å²) in [5, 5.41) is 11.4. The number of benzene rings is 1. The number of hydrogen-bond donors (Lipinski definition) is 3. The Bertz CT molecular complexity index is 1400. The van der Waals surface area contributed by atoms with Gasteiger partial charge in [-0.05, 0) is 50.0 Å². The van der Waals surface area contributed by atoms with E-state index in [0.29, 0.717) is 12.8 Å². The van der Waals surface area contributed by atoms with Gasteiger partial charge in [-0.25, -0.2) is 9.59 Å². The maximum absolute atomic E-state index is 14.8. The molecule has 3 aliphatic rings. The summed E-state index contributed by atoms with van der Waals surface area (Å²) in [5.41, 5.74) is 4.41. The smallest absolute Gasteiger partial charge is 0.408 e. The summed E-state index contributed by atoms with van der Waals surface area (Å²) < 4.78 is 16.2. The lowest BCUT2D eigenvalue weighted by Crippen LogP contribution is -2.68. The zero-order chi connectivity index (χ0) is 35.2. The van der Waals surface area contributed by atoms with Crippen LogP contribution in [0.2, 0.25) is 0 Å². The van der Waals surface area contributed by atoms with Crippen molar-refractivity contribution in [1.82, 2.24) is 15.1 Å². The molecule has 1 aliphatic carbocycles. The highest BCUT2D eigenvalue weighted by atomic mass is 16.6. The number of imide groups is 1. The highest BCUT2D eigenvalue weighted by Crippen LogP contribution is 2.49. The molecule has 48 heavy (non-hydrogen) atoms. The third-order valence-corrected chi connectivity index (χ3v) is 9.20. The van der Waals surface area contributed by atoms with Crippen LogP contribution in [0, 0.1) is 17.2 Å². The van der Waals surface area contributed by atoms with E-state index in [-0.39, 0.29) is 69.4 Å². The molecule has 14 nitrogen and oxygen atoms in total. The number of primary amides is 1. The quantitative estimate of drug-likeness (QED) is 0.185. The first-order valence-electron chi connectivity index (χ1n) is 16.6. The van der Waals surface area contributed by atoms with Crippen LogP contribution < -0.4 is 11.1 Å². The van der Waals surface area contributed by atoms with Crippen LogP contribution >= 0.6 is 0 Å². The van der Waals surface area contributed by atoms with Crippen molar-refractivity contribution >= 4 is 41.4 Å². The Morgan fingerprint density at radius 1 is 1.15 bits per heavy atom. The van der Waals surface area contributed by atoms with E-state index in [1.807, 2.05) is 19.9 Å². The molecular formula is C34H47N5O9. The number of amides is 5. The van der Waals surface area contributed by atoms with Gasteiger partial charge in [-0.3, -0.25) is 24.1 Å². The molecule has 2 aliphatic heterocycles. The second kappa shape index (κ2) is 15.7. The second-order valence-corrected chi connectivity index (χ2v) is 13.1. The number of esters is 1. The zero-order valence-electron chi connectivity index (χ0n) is 28.1. The Kier molecular flexibility index (Phi) is 11.9. The maximum Gasteiger partial charge on any atom is 0.408 e. The van der Waals surface area contributed by atoms with Gasteiger partial charge in [0.05, 0.1) is 13.2 Å². The van der Waals surface area contributed by atoms with E-state index in [1.54, 1.807) is 31.2 Å². The van der Waals surface area contributed by atoms with Gasteiger partial charge < -0.3 is 35.6 Å². The summed E-state index contributed by atoms with van der Waals surface area (Å²) in [6.07, 6.45) is -0.779. The largest absolute Gasteiger partial charge is 0.467 e. The number of carbonyl (C=O) groups excluding carboxylic acids is 6. The number of fused-ring (bicyclic) bond motifs is 1. The van der Waals surface area contributed by atoms with E-state index in [4.69, 9.17) is 25.4 Å². The lowest BCUT2D eigenvalue weighted by atomic mass is 9.73. The normalized spacial score (nSPS) is 23.1. The summed E-state index contributed by atoms with van der Waals surface area (Å²) >= 11 is 0. The number of ether oxygens (including phenoxy) is 3. The van der Waals surface area contributed by atoms with Crippen molar-refractivity contribution < 1.29 is 43.0 Å². The van der Waals surface area contributed by atoms with Crippen molar-refractivity contribution in [3.8, 4) is 0 Å². The zero-order valence-corrected chi connectivity index (χ0v) is 28.1. The summed E-state index contributed by atoms with van der Waals surface area (Å²) in [6, 6.07) is 6.52. The maximum atomic E-state index is 14.8. The third kappa shape index (κ3) is 7.86. The van der Waals surface area contributed by atoms with E-state index in [9.17, 15) is 28.8 Å². The van der Waals surface area contributed by atoms with Gasteiger partial charge in [0.25, 0.3) is 5.91 Å². The third-order valence-electron chi connectivity index (χ3n) is 9.20. The van der Waals surface area contributed by atoms with Gasteiger partial charge in [0.2, 0.25) is 17.7 Å². The standard InChI is InChI=1S/C34H47N5O9/c1-5-10-27(41)39(34(18-20(2)3,32(44)46-4)22-17-25-29(48-25)28(22)36)31(43)24-13-9-16-38(24)30(42)23(14-15-26(35)40)37-33(45)47-19-21-11-7-6-8-12-21/h6-8,11-12,20,22-25,29,36H,5,9-10,13-19H2,1-4H3,(H2,35,40)(H,37,45)/t22?,23-,24-,25?,29?,34+/m0/s1. The summed E-state index contributed by atoms with van der Waals surface area (Å²) in [6.45, 7) is 5.57. The SMILES string of the molecule is CCCC(=O)N(C(=O)[C@@H]1CCCN1C(=O)[C@H](CCC(N)=O)NC(=O)OCc1ccccc1)[C@@](CC(C)C)(C(=O)OC)C1CC2OC2C1=N. The number of hydrogen-bond acceptors (Lipinski definition) is 10. The van der Waals surface area contributed by atoms with E-state index in [2.05, 4.69) is 5.32 Å². The topological polar surface area (TPSA) is 202 Å². The van der Waals surface area contributed by atoms with E-state index in [0.717, 1.165) is 10.5 Å². The van der Waals surface area contributed by atoms with Crippen molar-refractivity contribution in [2.75, 3.05) is 13.7 Å². The molecule has 0 spiro atoms. The number of epoxide rings is 1. The van der Waals surface area contributed by atoms with Crippen molar-refractivity contribution in [1.29, 1.82) is 5.41 Å². The Labute approximate surface area is 280 Å². The molecular weight excluding hydrogens is 622 g/mol. The van der Waals surface area contributed by atoms with Crippen LogP contribution in [0.25, 0.3) is 0 Å². The molecule has 14 heteroatoms. The first kappa shape index (κ1) is 36.5. The number of nitrogens with zero attached hydrogens (tertiary/aromatic N) is 2. The number of rotatable bonds is 15. The number of nitrogens with one attached hydrogen (secondary N) is 2. The molecule has 5 amide bonds. The minimum Gasteiger partial charge on any atom is -0.467 e. The predicted octanol–water partition coefficient (Wildman–Crippen LogP) is 2.46. The minimum atomic E-state index is -1.83. The van der Waals surface area contributed by atoms with Crippen LogP contribution in [0.3, 0.4) is 0 Å². The Morgan fingerprint density at radius 3 is 2.44 bits per heavy atom. The molecule has 3 fully saturated rings. The van der Waals surface area contributed by atoms with Crippen LogP contribution in [-0.2, 0) is 44.8 Å². The highest BCUT2D eigenvalue weighted by molar-refractivity contribution is 6.08. The average Bonchev–Trinajstić information content (AvgIpc) is 3.51. The fraction of sp³-hybridized carbons (Fsp3) is 0.618. The van der Waals surface area contributed by atoms with Crippen molar-refractivity contribution in [2.24, 2.45) is 17.6 Å². The predicted molar refractivity (Wildman–Crippen MR) is 172 cm³/mol. The number of likely N-dealkylation sites (tertiary alicyclic amines) is 1.